The van der Waals surface area contributed by atoms with Crippen LogP contribution in [0.4, 0.5) is 0 Å². The molecule has 0 aliphatic heterocycles. The summed E-state index contributed by atoms with van der Waals surface area (Å²) in [7, 11) is 5.97. The van der Waals surface area contributed by atoms with Gasteiger partial charge in [0, 0.05) is 20.1 Å². The Morgan fingerprint density at radius 2 is 1.89 bits per heavy atom. The van der Waals surface area contributed by atoms with Gasteiger partial charge in [0.25, 0.3) is 0 Å². The summed E-state index contributed by atoms with van der Waals surface area (Å²) < 4.78 is 0. The molecule has 0 spiro atoms. The molecule has 0 aromatic heterocycles. The molecule has 0 atom stereocenters. The number of aliphatic imine (C=N–C) groups is 1. The van der Waals surface area contributed by atoms with Crippen molar-refractivity contribution in [3.8, 4) is 0 Å². The van der Waals surface area contributed by atoms with Gasteiger partial charge in [-0.3, -0.25) is 4.99 Å². The predicted molar refractivity (Wildman–Crippen MR) is 77.8 cm³/mol. The molecule has 0 amide bonds. The van der Waals surface area contributed by atoms with Crippen LogP contribution >= 0.6 is 0 Å². The summed E-state index contributed by atoms with van der Waals surface area (Å²) >= 11 is 0. The Balaban J connectivity index is 2.22. The van der Waals surface area contributed by atoms with Crippen molar-refractivity contribution in [1.82, 2.24) is 15.5 Å². The van der Waals surface area contributed by atoms with Gasteiger partial charge >= 0.3 is 0 Å². The van der Waals surface area contributed by atoms with E-state index < -0.39 is 0 Å². The van der Waals surface area contributed by atoms with Crippen LogP contribution in [0.15, 0.2) is 35.3 Å². The second-order valence-electron chi connectivity index (χ2n) is 4.49. The van der Waals surface area contributed by atoms with Gasteiger partial charge in [-0.25, -0.2) is 0 Å². The molecule has 1 rings (SSSR count). The minimum Gasteiger partial charge on any atom is -0.356 e. The van der Waals surface area contributed by atoms with E-state index in [-0.39, 0.29) is 0 Å². The standard InChI is InChI=1S/C14H24N4/c1-15-14(16-10-7-11-18(2)3)17-12-13-8-5-4-6-9-13/h4-6,8-9H,7,10-12H2,1-3H3,(H2,15,16,17). The van der Waals surface area contributed by atoms with Gasteiger partial charge in [-0.15, -0.1) is 0 Å². The molecule has 0 aliphatic rings. The fourth-order valence-corrected chi connectivity index (χ4v) is 1.60. The molecule has 1 aromatic carbocycles. The first-order valence-corrected chi connectivity index (χ1v) is 6.35. The summed E-state index contributed by atoms with van der Waals surface area (Å²) in [5.41, 5.74) is 1.26. The van der Waals surface area contributed by atoms with E-state index in [0.29, 0.717) is 0 Å². The largest absolute Gasteiger partial charge is 0.356 e. The number of hydrogen-bond acceptors (Lipinski definition) is 2. The SMILES string of the molecule is CN=C(NCCCN(C)C)NCc1ccccc1. The third-order valence-electron chi connectivity index (χ3n) is 2.60. The van der Waals surface area contributed by atoms with E-state index >= 15 is 0 Å². The summed E-state index contributed by atoms with van der Waals surface area (Å²) in [6.45, 7) is 2.82. The fourth-order valence-electron chi connectivity index (χ4n) is 1.60. The van der Waals surface area contributed by atoms with Gasteiger partial charge in [-0.2, -0.15) is 0 Å². The van der Waals surface area contributed by atoms with E-state index in [2.05, 4.69) is 46.8 Å². The van der Waals surface area contributed by atoms with Crippen LogP contribution < -0.4 is 10.6 Å². The van der Waals surface area contributed by atoms with Crippen molar-refractivity contribution in [1.29, 1.82) is 0 Å². The molecule has 0 unspecified atom stereocenters. The smallest absolute Gasteiger partial charge is 0.191 e. The molecule has 0 saturated carbocycles. The predicted octanol–water partition coefficient (Wildman–Crippen LogP) is 1.30. The maximum Gasteiger partial charge on any atom is 0.191 e. The zero-order valence-electron chi connectivity index (χ0n) is 11.6. The average Bonchev–Trinajstić information content (AvgIpc) is 2.39. The molecule has 0 bridgehead atoms. The highest BCUT2D eigenvalue weighted by Gasteiger charge is 1.97. The van der Waals surface area contributed by atoms with E-state index in [0.717, 1.165) is 32.0 Å². The highest BCUT2D eigenvalue weighted by atomic mass is 15.2. The summed E-state index contributed by atoms with van der Waals surface area (Å²) in [5, 5.41) is 6.61. The molecule has 0 aliphatic carbocycles. The number of nitrogens with zero attached hydrogens (tertiary/aromatic N) is 2. The van der Waals surface area contributed by atoms with Crippen LogP contribution in [-0.4, -0.2) is 45.1 Å². The summed E-state index contributed by atoms with van der Waals surface area (Å²) in [4.78, 5) is 6.38. The van der Waals surface area contributed by atoms with Crippen LogP contribution in [0.2, 0.25) is 0 Å². The molecular weight excluding hydrogens is 224 g/mol. The normalized spacial score (nSPS) is 11.7. The molecule has 0 radical (unpaired) electrons. The monoisotopic (exact) mass is 248 g/mol. The van der Waals surface area contributed by atoms with Gasteiger partial charge < -0.3 is 15.5 Å². The Kier molecular flexibility index (Phi) is 6.87. The van der Waals surface area contributed by atoms with Crippen LogP contribution in [0.25, 0.3) is 0 Å². The van der Waals surface area contributed by atoms with Crippen molar-refractivity contribution in [2.45, 2.75) is 13.0 Å². The minimum absolute atomic E-state index is 0.800. The lowest BCUT2D eigenvalue weighted by molar-refractivity contribution is 0.399. The lowest BCUT2D eigenvalue weighted by Gasteiger charge is -2.13. The lowest BCUT2D eigenvalue weighted by Crippen LogP contribution is -2.38. The Bertz CT molecular complexity index is 346. The van der Waals surface area contributed by atoms with Crippen LogP contribution in [-0.2, 0) is 6.54 Å². The second-order valence-corrected chi connectivity index (χ2v) is 4.49. The van der Waals surface area contributed by atoms with Crippen molar-refractivity contribution >= 4 is 5.96 Å². The first kappa shape index (κ1) is 14.5. The first-order valence-electron chi connectivity index (χ1n) is 6.35. The number of nitrogens with one attached hydrogen (secondary N) is 2. The minimum atomic E-state index is 0.800. The van der Waals surface area contributed by atoms with E-state index in [1.54, 1.807) is 7.05 Å². The molecule has 1 aromatic rings. The summed E-state index contributed by atoms with van der Waals surface area (Å²) in [5.74, 6) is 0.859. The quantitative estimate of drug-likeness (QED) is 0.453. The molecule has 2 N–H and O–H groups in total. The van der Waals surface area contributed by atoms with Crippen molar-refractivity contribution in [2.24, 2.45) is 4.99 Å². The van der Waals surface area contributed by atoms with Gasteiger partial charge in [0.1, 0.15) is 0 Å². The Morgan fingerprint density at radius 1 is 1.17 bits per heavy atom. The van der Waals surface area contributed by atoms with Gasteiger partial charge in [-0.1, -0.05) is 30.3 Å². The molecule has 0 saturated heterocycles. The molecule has 0 heterocycles. The van der Waals surface area contributed by atoms with Crippen LogP contribution in [0.1, 0.15) is 12.0 Å². The number of guanidine groups is 1. The van der Waals surface area contributed by atoms with Gasteiger partial charge in [0.15, 0.2) is 5.96 Å². The number of rotatable bonds is 6. The van der Waals surface area contributed by atoms with E-state index in [1.165, 1.54) is 5.56 Å². The van der Waals surface area contributed by atoms with Crippen molar-refractivity contribution < 1.29 is 0 Å². The molecular formula is C14H24N4. The lowest BCUT2D eigenvalue weighted by atomic mass is 10.2. The van der Waals surface area contributed by atoms with Crippen molar-refractivity contribution in [2.75, 3.05) is 34.2 Å². The molecule has 4 nitrogen and oxygen atoms in total. The molecule has 100 valence electrons. The summed E-state index contributed by atoms with van der Waals surface area (Å²) in [6, 6.07) is 10.3. The number of benzene rings is 1. The van der Waals surface area contributed by atoms with Crippen LogP contribution in [0, 0.1) is 0 Å². The average molecular weight is 248 g/mol. The van der Waals surface area contributed by atoms with Crippen molar-refractivity contribution in [3.63, 3.8) is 0 Å². The van der Waals surface area contributed by atoms with Gasteiger partial charge in [0.05, 0.1) is 0 Å². The molecule has 18 heavy (non-hydrogen) atoms. The Labute approximate surface area is 110 Å². The molecule has 4 heteroatoms. The van der Waals surface area contributed by atoms with E-state index in [4.69, 9.17) is 0 Å². The number of hydrogen-bond donors (Lipinski definition) is 2. The van der Waals surface area contributed by atoms with E-state index in [1.807, 2.05) is 18.2 Å². The van der Waals surface area contributed by atoms with Crippen LogP contribution in [0.3, 0.4) is 0 Å². The first-order chi connectivity index (χ1) is 8.72. The summed E-state index contributed by atoms with van der Waals surface area (Å²) in [6.07, 6.45) is 1.11. The highest BCUT2D eigenvalue weighted by Crippen LogP contribution is 1.96. The zero-order valence-corrected chi connectivity index (χ0v) is 11.6. The van der Waals surface area contributed by atoms with E-state index in [9.17, 15) is 0 Å². The van der Waals surface area contributed by atoms with Crippen LogP contribution in [0.5, 0.6) is 0 Å². The topological polar surface area (TPSA) is 39.7 Å². The fraction of sp³-hybridized carbons (Fsp3) is 0.500. The van der Waals surface area contributed by atoms with Gasteiger partial charge in [0.2, 0.25) is 0 Å². The van der Waals surface area contributed by atoms with Gasteiger partial charge in [-0.05, 0) is 32.6 Å². The Morgan fingerprint density at radius 3 is 2.50 bits per heavy atom. The Hall–Kier alpha value is -1.55. The zero-order chi connectivity index (χ0) is 13.2. The van der Waals surface area contributed by atoms with Crippen molar-refractivity contribution in [3.05, 3.63) is 35.9 Å². The highest BCUT2D eigenvalue weighted by molar-refractivity contribution is 5.79. The maximum absolute atomic E-state index is 4.20. The maximum atomic E-state index is 4.20. The second kappa shape index (κ2) is 8.53. The third-order valence-corrected chi connectivity index (χ3v) is 2.60. The third kappa shape index (κ3) is 6.25. The molecule has 0 fully saturated rings.